The van der Waals surface area contributed by atoms with Crippen molar-refractivity contribution in [2.24, 2.45) is 0 Å². The van der Waals surface area contributed by atoms with E-state index in [1.54, 1.807) is 0 Å². The Labute approximate surface area is 404 Å². The molecule has 0 amide bonds. The molecular formula is C66H40N2S. The molecule has 0 bridgehead atoms. The summed E-state index contributed by atoms with van der Waals surface area (Å²) < 4.78 is 2.61. The minimum atomic E-state index is -0.754. The maximum atomic E-state index is 5.65. The van der Waals surface area contributed by atoms with Crippen molar-refractivity contribution in [2.45, 2.75) is 10.8 Å². The van der Waals surface area contributed by atoms with Gasteiger partial charge in [-0.05, 0) is 90.0 Å². The van der Waals surface area contributed by atoms with E-state index in [9.17, 15) is 0 Å². The lowest BCUT2D eigenvalue weighted by Crippen LogP contribution is -2.44. The van der Waals surface area contributed by atoms with Gasteiger partial charge in [0.25, 0.3) is 0 Å². The first-order chi connectivity index (χ1) is 34.2. The number of benzene rings is 10. The van der Waals surface area contributed by atoms with Gasteiger partial charge in [0.05, 0.1) is 22.2 Å². The fourth-order valence-electron chi connectivity index (χ4n) is 12.7. The Morgan fingerprint density at radius 2 is 0.739 bits per heavy atom. The van der Waals surface area contributed by atoms with Crippen LogP contribution in [-0.2, 0) is 10.8 Å². The second kappa shape index (κ2) is 14.5. The molecule has 2 heterocycles. The van der Waals surface area contributed by atoms with E-state index in [2.05, 4.69) is 243 Å². The maximum Gasteiger partial charge on any atom is 0.160 e. The Balaban J connectivity index is 1.07. The normalized spacial score (nSPS) is 14.0. The van der Waals surface area contributed by atoms with Crippen LogP contribution in [-0.4, -0.2) is 9.97 Å². The largest absolute Gasteiger partial charge is 0.228 e. The number of hydrogen-bond donors (Lipinski definition) is 0. The van der Waals surface area contributed by atoms with Crippen molar-refractivity contribution in [3.8, 4) is 67.3 Å². The Morgan fingerprint density at radius 1 is 0.290 bits per heavy atom. The highest BCUT2D eigenvalue weighted by Gasteiger charge is 2.60. The third kappa shape index (κ3) is 5.15. The lowest BCUT2D eigenvalue weighted by Gasteiger charge is -2.49. The zero-order valence-electron chi connectivity index (χ0n) is 37.4. The van der Waals surface area contributed by atoms with Crippen LogP contribution in [0.2, 0.25) is 0 Å². The fraction of sp³-hybridized carbons (Fsp3) is 0.0303. The van der Waals surface area contributed by atoms with Crippen molar-refractivity contribution < 1.29 is 0 Å². The summed E-state index contributed by atoms with van der Waals surface area (Å²) in [6.45, 7) is 0. The topological polar surface area (TPSA) is 25.8 Å². The minimum Gasteiger partial charge on any atom is -0.228 e. The smallest absolute Gasteiger partial charge is 0.160 e. The molecule has 0 saturated heterocycles. The van der Waals surface area contributed by atoms with Crippen molar-refractivity contribution in [3.63, 3.8) is 0 Å². The summed E-state index contributed by atoms with van der Waals surface area (Å²) in [5.74, 6) is 0.710. The molecule has 0 N–H and O–H groups in total. The van der Waals surface area contributed by atoms with Crippen LogP contribution in [0.3, 0.4) is 0 Å². The first kappa shape index (κ1) is 38.6. The van der Waals surface area contributed by atoms with Crippen LogP contribution in [0.4, 0.5) is 0 Å². The van der Waals surface area contributed by atoms with Crippen LogP contribution in [0, 0.1) is 0 Å². The molecule has 3 aliphatic carbocycles. The summed E-state index contributed by atoms with van der Waals surface area (Å²) in [6, 6.07) is 89.8. The Kier molecular flexibility index (Phi) is 8.11. The van der Waals surface area contributed by atoms with Crippen molar-refractivity contribution in [1.29, 1.82) is 0 Å². The van der Waals surface area contributed by atoms with E-state index in [-0.39, 0.29) is 0 Å². The Bertz CT molecular complexity index is 3980. The van der Waals surface area contributed by atoms with Gasteiger partial charge in [-0.2, -0.15) is 0 Å². The summed E-state index contributed by atoms with van der Waals surface area (Å²) in [4.78, 5) is 11.3. The molecule has 2 nitrogen and oxygen atoms in total. The number of thiophene rings is 1. The Morgan fingerprint density at radius 3 is 1.38 bits per heavy atom. The third-order valence-electron chi connectivity index (χ3n) is 15.4. The van der Waals surface area contributed by atoms with Crippen LogP contribution in [0.1, 0.15) is 44.5 Å². The zero-order valence-corrected chi connectivity index (χ0v) is 38.2. The summed E-state index contributed by atoms with van der Waals surface area (Å²) in [7, 11) is 0. The lowest BCUT2D eigenvalue weighted by molar-refractivity contribution is 0.636. The second-order valence-electron chi connectivity index (χ2n) is 18.6. The van der Waals surface area contributed by atoms with E-state index in [4.69, 9.17) is 9.97 Å². The predicted molar refractivity (Wildman–Crippen MR) is 285 cm³/mol. The summed E-state index contributed by atoms with van der Waals surface area (Å²) in [6.07, 6.45) is 0. The molecule has 0 unspecified atom stereocenters. The molecule has 0 aliphatic heterocycles. The van der Waals surface area contributed by atoms with Gasteiger partial charge in [-0.1, -0.05) is 231 Å². The molecule has 10 aromatic carbocycles. The van der Waals surface area contributed by atoms with E-state index >= 15 is 0 Å². The molecule has 3 aliphatic rings. The highest BCUT2D eigenvalue weighted by molar-refractivity contribution is 7.26. The molecule has 2 spiro atoms. The molecule has 0 saturated carbocycles. The van der Waals surface area contributed by atoms with Crippen LogP contribution in [0.15, 0.2) is 243 Å². The minimum absolute atomic E-state index is 0.555. The quantitative estimate of drug-likeness (QED) is 0.176. The van der Waals surface area contributed by atoms with Crippen LogP contribution in [0.25, 0.3) is 87.5 Å². The SMILES string of the molecule is c1ccc(-c2ccc(-c3cc(-c4ccccc4)nc(-c4cccc5c4C4(c6ccccc6C6(c7ccccc7-c7ccccc76)c6ccccc64)c4c-5ccc5c4sc4ccccc45)n3)cc2)cc1. The molecule has 15 rings (SSSR count). The second-order valence-corrected chi connectivity index (χ2v) is 19.7. The van der Waals surface area contributed by atoms with E-state index in [1.165, 1.54) is 98.1 Å². The molecular weight excluding hydrogens is 853 g/mol. The maximum absolute atomic E-state index is 5.65. The van der Waals surface area contributed by atoms with Gasteiger partial charge in [0.2, 0.25) is 0 Å². The van der Waals surface area contributed by atoms with Gasteiger partial charge in [0, 0.05) is 36.9 Å². The fourth-order valence-corrected chi connectivity index (χ4v) is 14.0. The molecule has 0 atom stereocenters. The average Bonchev–Trinajstić information content (AvgIpc) is 4.06. The summed E-state index contributed by atoms with van der Waals surface area (Å²) >= 11 is 1.92. The number of aromatic nitrogens is 2. The molecule has 320 valence electrons. The molecule has 0 radical (unpaired) electrons. The Hall–Kier alpha value is -8.50. The summed E-state index contributed by atoms with van der Waals surface area (Å²) in [5, 5.41) is 2.58. The highest BCUT2D eigenvalue weighted by atomic mass is 32.1. The average molecular weight is 893 g/mol. The number of rotatable bonds is 4. The van der Waals surface area contributed by atoms with Crippen molar-refractivity contribution in [3.05, 3.63) is 287 Å². The number of hydrogen-bond acceptors (Lipinski definition) is 3. The molecule has 0 fully saturated rings. The van der Waals surface area contributed by atoms with Crippen LogP contribution >= 0.6 is 11.3 Å². The first-order valence-electron chi connectivity index (χ1n) is 23.8. The predicted octanol–water partition coefficient (Wildman–Crippen LogP) is 16.6. The number of fused-ring (bicyclic) bond motifs is 20. The van der Waals surface area contributed by atoms with Gasteiger partial charge >= 0.3 is 0 Å². The van der Waals surface area contributed by atoms with E-state index in [0.717, 1.165) is 28.1 Å². The van der Waals surface area contributed by atoms with E-state index < -0.39 is 10.8 Å². The molecule has 69 heavy (non-hydrogen) atoms. The highest BCUT2D eigenvalue weighted by Crippen LogP contribution is 2.69. The van der Waals surface area contributed by atoms with Gasteiger partial charge in [-0.3, -0.25) is 0 Å². The standard InChI is InChI=1S/C66H40N2S/c1-3-18-41(19-4-1)42-34-36-44(37-35-42)59-40-58(43-20-5-2-6-21-43)67-64(68-59)51-26-17-25-48-49-38-39-50-47-24-9-16-33-60(47)69-63(50)62(49)66(61(48)51)56-31-14-12-29-54(56)65(55-30-13-15-32-57(55)66)52-27-10-7-22-45(52)46-23-8-11-28-53(46)65/h1-40H. The van der Waals surface area contributed by atoms with Gasteiger partial charge in [-0.15, -0.1) is 11.3 Å². The number of nitrogens with zero attached hydrogens (tertiary/aromatic N) is 2. The molecule has 3 heteroatoms. The monoisotopic (exact) mass is 892 g/mol. The zero-order chi connectivity index (χ0) is 45.3. The molecule has 12 aromatic rings. The molecule has 2 aromatic heterocycles. The van der Waals surface area contributed by atoms with Gasteiger partial charge < -0.3 is 0 Å². The van der Waals surface area contributed by atoms with E-state index in [0.29, 0.717) is 5.82 Å². The first-order valence-corrected chi connectivity index (χ1v) is 24.6. The van der Waals surface area contributed by atoms with Gasteiger partial charge in [0.1, 0.15) is 0 Å². The van der Waals surface area contributed by atoms with Crippen molar-refractivity contribution in [1.82, 2.24) is 9.97 Å². The van der Waals surface area contributed by atoms with E-state index in [1.807, 2.05) is 11.3 Å². The van der Waals surface area contributed by atoms with Gasteiger partial charge in [-0.25, -0.2) is 9.97 Å². The van der Waals surface area contributed by atoms with Crippen LogP contribution < -0.4 is 0 Å². The third-order valence-corrected chi connectivity index (χ3v) is 16.6. The van der Waals surface area contributed by atoms with Crippen molar-refractivity contribution >= 4 is 31.5 Å². The van der Waals surface area contributed by atoms with Gasteiger partial charge in [0.15, 0.2) is 5.82 Å². The lowest BCUT2D eigenvalue weighted by atomic mass is 9.52. The van der Waals surface area contributed by atoms with Crippen LogP contribution in [0.5, 0.6) is 0 Å². The van der Waals surface area contributed by atoms with Crippen molar-refractivity contribution in [2.75, 3.05) is 0 Å². The summed E-state index contributed by atoms with van der Waals surface area (Å²) in [5.41, 5.74) is 21.5.